The molecule has 0 atom stereocenters. The van der Waals surface area contributed by atoms with Crippen LogP contribution in [0, 0.1) is 13.8 Å². The van der Waals surface area contributed by atoms with Crippen LogP contribution in [0.25, 0.3) is 5.82 Å². The molecule has 0 fully saturated rings. The van der Waals surface area contributed by atoms with E-state index in [2.05, 4.69) is 20.7 Å². The molecule has 3 aromatic rings. The van der Waals surface area contributed by atoms with E-state index in [1.807, 2.05) is 19.9 Å². The van der Waals surface area contributed by atoms with Gasteiger partial charge in [0.2, 0.25) is 5.76 Å². The van der Waals surface area contributed by atoms with Crippen LogP contribution in [0.2, 0.25) is 0 Å². The van der Waals surface area contributed by atoms with Gasteiger partial charge in [0.15, 0.2) is 5.82 Å². The first kappa shape index (κ1) is 15.7. The van der Waals surface area contributed by atoms with Crippen LogP contribution in [0.4, 0.5) is 0 Å². The Labute approximate surface area is 136 Å². The molecule has 0 aliphatic rings. The SMILES string of the molecule is Cc1cc(C)n(-c2ccc(=O)n(CCNC(=O)c3ccno3)n2)n1. The van der Waals surface area contributed by atoms with Crippen LogP contribution in [0.5, 0.6) is 0 Å². The third-order valence-corrected chi connectivity index (χ3v) is 3.35. The van der Waals surface area contributed by atoms with Gasteiger partial charge in [0.1, 0.15) is 0 Å². The lowest BCUT2D eigenvalue weighted by Crippen LogP contribution is -2.32. The van der Waals surface area contributed by atoms with Crippen molar-refractivity contribution in [2.45, 2.75) is 20.4 Å². The highest BCUT2D eigenvalue weighted by atomic mass is 16.5. The summed E-state index contributed by atoms with van der Waals surface area (Å²) >= 11 is 0. The van der Waals surface area contributed by atoms with Crippen molar-refractivity contribution in [3.05, 3.63) is 58.0 Å². The number of nitrogens with one attached hydrogen (secondary N) is 1. The normalized spacial score (nSPS) is 10.8. The summed E-state index contributed by atoms with van der Waals surface area (Å²) in [5, 5.41) is 14.7. The van der Waals surface area contributed by atoms with Crippen molar-refractivity contribution in [1.29, 1.82) is 0 Å². The minimum atomic E-state index is -0.393. The Hall–Kier alpha value is -3.23. The molecule has 3 aromatic heterocycles. The number of amides is 1. The van der Waals surface area contributed by atoms with Crippen molar-refractivity contribution in [3.8, 4) is 5.82 Å². The van der Waals surface area contributed by atoms with Gasteiger partial charge in [0.25, 0.3) is 11.5 Å². The summed E-state index contributed by atoms with van der Waals surface area (Å²) < 4.78 is 7.71. The van der Waals surface area contributed by atoms with E-state index < -0.39 is 5.91 Å². The van der Waals surface area contributed by atoms with E-state index in [1.54, 1.807) is 10.7 Å². The lowest BCUT2D eigenvalue weighted by Gasteiger charge is -2.08. The molecule has 0 saturated heterocycles. The first-order valence-corrected chi connectivity index (χ1v) is 7.35. The van der Waals surface area contributed by atoms with Gasteiger partial charge in [-0.05, 0) is 26.0 Å². The summed E-state index contributed by atoms with van der Waals surface area (Å²) in [6.07, 6.45) is 1.39. The van der Waals surface area contributed by atoms with Crippen molar-refractivity contribution in [2.75, 3.05) is 6.54 Å². The number of carbonyl (C=O) groups excluding carboxylic acids is 1. The quantitative estimate of drug-likeness (QED) is 0.729. The zero-order chi connectivity index (χ0) is 17.1. The first-order chi connectivity index (χ1) is 11.5. The van der Waals surface area contributed by atoms with Gasteiger partial charge in [-0.15, -0.1) is 5.10 Å². The van der Waals surface area contributed by atoms with Gasteiger partial charge < -0.3 is 9.84 Å². The molecule has 0 aliphatic carbocycles. The van der Waals surface area contributed by atoms with Crippen LogP contribution in [-0.4, -0.2) is 37.2 Å². The summed E-state index contributed by atoms with van der Waals surface area (Å²) in [7, 11) is 0. The van der Waals surface area contributed by atoms with Gasteiger partial charge in [-0.1, -0.05) is 5.16 Å². The molecule has 9 nitrogen and oxygen atoms in total. The van der Waals surface area contributed by atoms with Gasteiger partial charge in [0.05, 0.1) is 18.4 Å². The Bertz CT molecular complexity index is 910. The highest BCUT2D eigenvalue weighted by Gasteiger charge is 2.10. The second-order valence-corrected chi connectivity index (χ2v) is 5.22. The first-order valence-electron chi connectivity index (χ1n) is 7.35. The maximum absolute atomic E-state index is 11.9. The number of aromatic nitrogens is 5. The number of carbonyl (C=O) groups is 1. The number of aryl methyl sites for hydroxylation is 2. The maximum atomic E-state index is 11.9. The van der Waals surface area contributed by atoms with Gasteiger partial charge in [-0.3, -0.25) is 9.59 Å². The van der Waals surface area contributed by atoms with Crippen molar-refractivity contribution >= 4 is 5.91 Å². The molecule has 0 unspecified atom stereocenters. The smallest absolute Gasteiger partial charge is 0.289 e. The van der Waals surface area contributed by atoms with Crippen molar-refractivity contribution in [1.82, 2.24) is 30.0 Å². The average Bonchev–Trinajstić information content (AvgIpc) is 3.19. The summed E-state index contributed by atoms with van der Waals surface area (Å²) in [4.78, 5) is 23.7. The predicted molar refractivity (Wildman–Crippen MR) is 83.9 cm³/mol. The lowest BCUT2D eigenvalue weighted by atomic mass is 10.4. The van der Waals surface area contributed by atoms with Crippen LogP contribution in [0.1, 0.15) is 21.9 Å². The molecular weight excluding hydrogens is 312 g/mol. The zero-order valence-electron chi connectivity index (χ0n) is 13.3. The Morgan fingerprint density at radius 2 is 2.08 bits per heavy atom. The highest BCUT2D eigenvalue weighted by molar-refractivity contribution is 5.91. The Balaban J connectivity index is 1.72. The molecule has 0 saturated carbocycles. The monoisotopic (exact) mass is 328 g/mol. The van der Waals surface area contributed by atoms with Gasteiger partial charge in [-0.25, -0.2) is 9.36 Å². The molecule has 3 heterocycles. The molecule has 0 radical (unpaired) electrons. The van der Waals surface area contributed by atoms with E-state index in [1.165, 1.54) is 23.0 Å². The second-order valence-electron chi connectivity index (χ2n) is 5.22. The van der Waals surface area contributed by atoms with Crippen LogP contribution in [-0.2, 0) is 6.54 Å². The third-order valence-electron chi connectivity index (χ3n) is 3.35. The minimum absolute atomic E-state index is 0.117. The molecule has 24 heavy (non-hydrogen) atoms. The van der Waals surface area contributed by atoms with Crippen LogP contribution < -0.4 is 10.9 Å². The number of nitrogens with zero attached hydrogens (tertiary/aromatic N) is 5. The summed E-state index contributed by atoms with van der Waals surface area (Å²) in [6.45, 7) is 4.26. The molecule has 0 aliphatic heterocycles. The van der Waals surface area contributed by atoms with E-state index >= 15 is 0 Å². The van der Waals surface area contributed by atoms with Gasteiger partial charge in [0, 0.05) is 24.4 Å². The third kappa shape index (κ3) is 3.24. The molecule has 1 amide bonds. The van der Waals surface area contributed by atoms with E-state index in [-0.39, 0.29) is 24.4 Å². The lowest BCUT2D eigenvalue weighted by molar-refractivity contribution is 0.0915. The molecule has 0 aromatic carbocycles. The summed E-state index contributed by atoms with van der Waals surface area (Å²) in [5.74, 6) is 0.267. The van der Waals surface area contributed by atoms with E-state index in [0.717, 1.165) is 11.4 Å². The molecule has 3 rings (SSSR count). The molecular formula is C15H16N6O3. The predicted octanol–water partition coefficient (Wildman–Crippen LogP) is 0.464. The molecule has 0 bridgehead atoms. The fourth-order valence-corrected chi connectivity index (χ4v) is 2.27. The van der Waals surface area contributed by atoms with Crippen LogP contribution >= 0.6 is 0 Å². The zero-order valence-corrected chi connectivity index (χ0v) is 13.3. The average molecular weight is 328 g/mol. The number of hydrogen-bond acceptors (Lipinski definition) is 6. The summed E-state index contributed by atoms with van der Waals surface area (Å²) in [6, 6.07) is 6.43. The molecule has 1 N–H and O–H groups in total. The number of rotatable bonds is 5. The van der Waals surface area contributed by atoms with E-state index in [4.69, 9.17) is 4.52 Å². The van der Waals surface area contributed by atoms with Crippen LogP contribution in [0.15, 0.2) is 39.8 Å². The fraction of sp³-hybridized carbons (Fsp3) is 0.267. The summed E-state index contributed by atoms with van der Waals surface area (Å²) in [5.41, 5.74) is 1.53. The fourth-order valence-electron chi connectivity index (χ4n) is 2.27. The Kier molecular flexibility index (Phi) is 4.23. The number of hydrogen-bond donors (Lipinski definition) is 1. The van der Waals surface area contributed by atoms with Crippen molar-refractivity contribution in [2.24, 2.45) is 0 Å². The molecule has 9 heteroatoms. The van der Waals surface area contributed by atoms with Crippen molar-refractivity contribution < 1.29 is 9.32 Å². The maximum Gasteiger partial charge on any atom is 0.289 e. The Morgan fingerprint density at radius 3 is 2.75 bits per heavy atom. The van der Waals surface area contributed by atoms with Gasteiger partial charge in [-0.2, -0.15) is 5.10 Å². The van der Waals surface area contributed by atoms with Gasteiger partial charge >= 0.3 is 0 Å². The van der Waals surface area contributed by atoms with E-state index in [9.17, 15) is 9.59 Å². The standard InChI is InChI=1S/C15H16N6O3/c1-10-9-11(2)21(18-10)13-3-4-14(22)20(19-13)8-7-16-15(23)12-5-6-17-24-12/h3-6,9H,7-8H2,1-2H3,(H,16,23). The Morgan fingerprint density at radius 1 is 1.25 bits per heavy atom. The largest absolute Gasteiger partial charge is 0.351 e. The van der Waals surface area contributed by atoms with Crippen molar-refractivity contribution in [3.63, 3.8) is 0 Å². The van der Waals surface area contributed by atoms with E-state index in [0.29, 0.717) is 5.82 Å². The topological polar surface area (TPSA) is 108 Å². The minimum Gasteiger partial charge on any atom is -0.351 e. The highest BCUT2D eigenvalue weighted by Crippen LogP contribution is 2.07. The molecule has 124 valence electrons. The van der Waals surface area contributed by atoms with Crippen LogP contribution in [0.3, 0.4) is 0 Å². The molecule has 0 spiro atoms. The second kappa shape index (κ2) is 6.49.